The fourth-order valence-electron chi connectivity index (χ4n) is 1.95. The van der Waals surface area contributed by atoms with Gasteiger partial charge in [0.25, 0.3) is 0 Å². The summed E-state index contributed by atoms with van der Waals surface area (Å²) in [6.45, 7) is 0.163. The van der Waals surface area contributed by atoms with Gasteiger partial charge in [-0.3, -0.25) is 9.78 Å². The Hall–Kier alpha value is -2.30. The summed E-state index contributed by atoms with van der Waals surface area (Å²) < 4.78 is 5.27. The Morgan fingerprint density at radius 2 is 2.22 bits per heavy atom. The number of benzene rings is 1. The normalized spacial score (nSPS) is 10.3. The van der Waals surface area contributed by atoms with Gasteiger partial charge in [0.15, 0.2) is 0 Å². The molecule has 0 aliphatic heterocycles. The number of nitrogens with two attached hydrogens (primary N) is 1. The van der Waals surface area contributed by atoms with Crippen LogP contribution in [0.25, 0.3) is 10.9 Å². The van der Waals surface area contributed by atoms with Crippen LogP contribution >= 0.6 is 0 Å². The van der Waals surface area contributed by atoms with Gasteiger partial charge in [-0.1, -0.05) is 12.1 Å². The molecule has 1 aromatic carbocycles. The first-order chi connectivity index (χ1) is 8.63. The van der Waals surface area contributed by atoms with E-state index in [0.29, 0.717) is 5.75 Å². The lowest BCUT2D eigenvalue weighted by atomic mass is 10.1. The molecule has 0 fully saturated rings. The van der Waals surface area contributed by atoms with Crippen molar-refractivity contribution in [2.45, 2.75) is 0 Å². The number of carbonyl (C=O) groups is 1. The maximum atomic E-state index is 11.0. The average Bonchev–Trinajstić information content (AvgIpc) is 2.36. The molecule has 0 spiro atoms. The quantitative estimate of drug-likeness (QED) is 0.877. The number of ether oxygens (including phenoxy) is 1. The number of pyridine rings is 1. The predicted octanol–water partition coefficient (Wildman–Crippen LogP) is 1.16. The van der Waals surface area contributed by atoms with Crippen molar-refractivity contribution < 1.29 is 9.53 Å². The number of nitrogens with zero attached hydrogens (tertiary/aromatic N) is 2. The number of fused-ring (bicyclic) bond motifs is 1. The van der Waals surface area contributed by atoms with Crippen LogP contribution in [0.4, 0.5) is 5.69 Å². The Bertz CT molecular complexity index is 583. The SMILES string of the molecule is COc1cccc2c(N(C)CC(N)=O)ccnc12. The third-order valence-corrected chi connectivity index (χ3v) is 2.74. The van der Waals surface area contributed by atoms with Crippen LogP contribution in [0.2, 0.25) is 0 Å². The van der Waals surface area contributed by atoms with E-state index in [4.69, 9.17) is 10.5 Å². The van der Waals surface area contributed by atoms with Gasteiger partial charge in [0, 0.05) is 24.3 Å². The van der Waals surface area contributed by atoms with Gasteiger partial charge in [0.2, 0.25) is 5.91 Å². The highest BCUT2D eigenvalue weighted by Crippen LogP contribution is 2.30. The highest BCUT2D eigenvalue weighted by molar-refractivity contribution is 5.96. The lowest BCUT2D eigenvalue weighted by Gasteiger charge is -2.19. The Balaban J connectivity index is 2.55. The van der Waals surface area contributed by atoms with E-state index in [-0.39, 0.29) is 12.5 Å². The Morgan fingerprint density at radius 1 is 1.44 bits per heavy atom. The second kappa shape index (κ2) is 4.91. The maximum Gasteiger partial charge on any atom is 0.236 e. The van der Waals surface area contributed by atoms with Crippen molar-refractivity contribution in [1.82, 2.24) is 4.98 Å². The Kier molecular flexibility index (Phi) is 3.32. The van der Waals surface area contributed by atoms with Gasteiger partial charge in [-0.2, -0.15) is 0 Å². The molecular weight excluding hydrogens is 230 g/mol. The van der Waals surface area contributed by atoms with Gasteiger partial charge in [-0.05, 0) is 12.1 Å². The number of amides is 1. The van der Waals surface area contributed by atoms with Crippen LogP contribution in [0.1, 0.15) is 0 Å². The number of hydrogen-bond donors (Lipinski definition) is 1. The van der Waals surface area contributed by atoms with E-state index in [1.165, 1.54) is 0 Å². The molecule has 0 aliphatic rings. The molecule has 0 saturated heterocycles. The second-order valence-corrected chi connectivity index (χ2v) is 4.01. The standard InChI is InChI=1S/C13H15N3O2/c1-16(8-12(14)17)10-6-7-15-13-9(10)4-3-5-11(13)18-2/h3-7H,8H2,1-2H3,(H2,14,17). The van der Waals surface area contributed by atoms with Crippen molar-refractivity contribution in [3.05, 3.63) is 30.5 Å². The van der Waals surface area contributed by atoms with E-state index in [1.807, 2.05) is 31.3 Å². The summed E-state index contributed by atoms with van der Waals surface area (Å²) in [7, 11) is 3.43. The lowest BCUT2D eigenvalue weighted by molar-refractivity contribution is -0.116. The first-order valence-corrected chi connectivity index (χ1v) is 5.54. The van der Waals surface area contributed by atoms with Crippen LogP contribution in [-0.4, -0.2) is 31.6 Å². The number of methoxy groups -OCH3 is 1. The topological polar surface area (TPSA) is 68.5 Å². The summed E-state index contributed by atoms with van der Waals surface area (Å²) in [5.41, 5.74) is 6.88. The fourth-order valence-corrected chi connectivity index (χ4v) is 1.95. The van der Waals surface area contributed by atoms with Crippen LogP contribution in [0.5, 0.6) is 5.75 Å². The molecule has 0 aliphatic carbocycles. The van der Waals surface area contributed by atoms with E-state index in [2.05, 4.69) is 4.98 Å². The first-order valence-electron chi connectivity index (χ1n) is 5.54. The molecule has 0 bridgehead atoms. The number of carbonyl (C=O) groups excluding carboxylic acids is 1. The van der Waals surface area contributed by atoms with Gasteiger partial charge in [0.1, 0.15) is 11.3 Å². The highest BCUT2D eigenvalue weighted by atomic mass is 16.5. The second-order valence-electron chi connectivity index (χ2n) is 4.01. The molecule has 5 heteroatoms. The average molecular weight is 245 g/mol. The van der Waals surface area contributed by atoms with E-state index in [0.717, 1.165) is 16.6 Å². The van der Waals surface area contributed by atoms with Gasteiger partial charge in [-0.25, -0.2) is 0 Å². The van der Waals surface area contributed by atoms with Crippen molar-refractivity contribution >= 4 is 22.5 Å². The smallest absolute Gasteiger partial charge is 0.236 e. The summed E-state index contributed by atoms with van der Waals surface area (Å²) in [5.74, 6) is 0.340. The summed E-state index contributed by atoms with van der Waals surface area (Å²) in [5, 5.41) is 0.931. The molecule has 18 heavy (non-hydrogen) atoms. The number of para-hydroxylation sites is 1. The minimum absolute atomic E-state index is 0.163. The zero-order valence-corrected chi connectivity index (χ0v) is 10.4. The molecule has 1 amide bonds. The first kappa shape index (κ1) is 12.2. The lowest BCUT2D eigenvalue weighted by Crippen LogP contribution is -2.30. The van der Waals surface area contributed by atoms with E-state index >= 15 is 0 Å². The van der Waals surface area contributed by atoms with E-state index in [9.17, 15) is 4.79 Å². The van der Waals surface area contributed by atoms with Crippen molar-refractivity contribution in [3.63, 3.8) is 0 Å². The van der Waals surface area contributed by atoms with Crippen LogP contribution in [0.15, 0.2) is 30.5 Å². The summed E-state index contributed by atoms with van der Waals surface area (Å²) in [4.78, 5) is 17.1. The maximum absolute atomic E-state index is 11.0. The third-order valence-electron chi connectivity index (χ3n) is 2.74. The Labute approximate surface area is 105 Å². The van der Waals surface area contributed by atoms with Gasteiger partial charge >= 0.3 is 0 Å². The molecule has 2 aromatic rings. The van der Waals surface area contributed by atoms with E-state index in [1.54, 1.807) is 18.2 Å². The summed E-state index contributed by atoms with van der Waals surface area (Å²) in [6, 6.07) is 7.54. The van der Waals surface area contributed by atoms with Crippen molar-refractivity contribution in [3.8, 4) is 5.75 Å². The van der Waals surface area contributed by atoms with Gasteiger partial charge in [0.05, 0.1) is 13.7 Å². The largest absolute Gasteiger partial charge is 0.494 e. The minimum atomic E-state index is -0.370. The molecular formula is C13H15N3O2. The van der Waals surface area contributed by atoms with Crippen molar-refractivity contribution in [2.24, 2.45) is 5.73 Å². The number of hydrogen-bond acceptors (Lipinski definition) is 4. The molecule has 0 radical (unpaired) electrons. The van der Waals surface area contributed by atoms with Crippen molar-refractivity contribution in [1.29, 1.82) is 0 Å². The minimum Gasteiger partial charge on any atom is -0.494 e. The zero-order valence-electron chi connectivity index (χ0n) is 10.4. The monoisotopic (exact) mass is 245 g/mol. The number of likely N-dealkylation sites (N-methyl/N-ethyl adjacent to an activating group) is 1. The molecule has 0 unspecified atom stereocenters. The molecule has 1 heterocycles. The molecule has 0 atom stereocenters. The Morgan fingerprint density at radius 3 is 2.89 bits per heavy atom. The molecule has 2 N–H and O–H groups in total. The third kappa shape index (κ3) is 2.20. The molecule has 94 valence electrons. The number of rotatable bonds is 4. The van der Waals surface area contributed by atoms with E-state index < -0.39 is 0 Å². The van der Waals surface area contributed by atoms with Gasteiger partial charge in [-0.15, -0.1) is 0 Å². The van der Waals surface area contributed by atoms with Crippen LogP contribution in [0.3, 0.4) is 0 Å². The summed E-state index contributed by atoms with van der Waals surface area (Å²) in [6.07, 6.45) is 1.69. The van der Waals surface area contributed by atoms with Gasteiger partial charge < -0.3 is 15.4 Å². The number of aromatic nitrogens is 1. The van der Waals surface area contributed by atoms with Crippen LogP contribution in [0, 0.1) is 0 Å². The summed E-state index contributed by atoms with van der Waals surface area (Å²) >= 11 is 0. The predicted molar refractivity (Wildman–Crippen MR) is 70.8 cm³/mol. The number of anilines is 1. The zero-order chi connectivity index (χ0) is 13.1. The van der Waals surface area contributed by atoms with Crippen LogP contribution in [-0.2, 0) is 4.79 Å². The van der Waals surface area contributed by atoms with Crippen molar-refractivity contribution in [2.75, 3.05) is 25.6 Å². The fraction of sp³-hybridized carbons (Fsp3) is 0.231. The molecule has 2 rings (SSSR count). The molecule has 1 aromatic heterocycles. The number of primary amides is 1. The van der Waals surface area contributed by atoms with Crippen LogP contribution < -0.4 is 15.4 Å². The highest BCUT2D eigenvalue weighted by Gasteiger charge is 2.11. The molecule has 0 saturated carbocycles. The molecule has 5 nitrogen and oxygen atoms in total.